The van der Waals surface area contributed by atoms with Crippen LogP contribution in [0.15, 0.2) is 0 Å². The van der Waals surface area contributed by atoms with E-state index < -0.39 is 53.0 Å². The number of anilines is 1. The molecule has 0 spiro atoms. The van der Waals surface area contributed by atoms with E-state index in [-0.39, 0.29) is 11.7 Å². The maximum Gasteiger partial charge on any atom is 0.200 e. The zero-order valence-electron chi connectivity index (χ0n) is 20.3. The van der Waals surface area contributed by atoms with Crippen molar-refractivity contribution in [3.8, 4) is 0 Å². The third-order valence-electron chi connectivity index (χ3n) is 6.39. The molecular formula is C25H37F5N2O2S. The summed E-state index contributed by atoms with van der Waals surface area (Å²) in [6.45, 7) is 2.32. The molecule has 3 atom stereocenters. The molecule has 1 aromatic rings. The van der Waals surface area contributed by atoms with E-state index in [0.29, 0.717) is 6.42 Å². The van der Waals surface area contributed by atoms with Gasteiger partial charge in [-0.25, -0.2) is 22.0 Å². The third kappa shape index (κ3) is 9.13. The molecule has 35 heavy (non-hydrogen) atoms. The number of aliphatic hydroxyl groups is 1. The summed E-state index contributed by atoms with van der Waals surface area (Å²) in [5.41, 5.74) is -1.25. The molecule has 1 heterocycles. The Morgan fingerprint density at radius 1 is 0.800 bits per heavy atom. The number of benzene rings is 1. The van der Waals surface area contributed by atoms with Crippen LogP contribution in [0.4, 0.5) is 27.6 Å². The van der Waals surface area contributed by atoms with Gasteiger partial charge >= 0.3 is 0 Å². The van der Waals surface area contributed by atoms with Crippen LogP contribution < -0.4 is 10.6 Å². The van der Waals surface area contributed by atoms with Gasteiger partial charge in [0.25, 0.3) is 0 Å². The summed E-state index contributed by atoms with van der Waals surface area (Å²) in [6.07, 6.45) is 14.1. The minimum Gasteiger partial charge on any atom is -0.388 e. The first-order valence-corrected chi connectivity index (χ1v) is 13.1. The fraction of sp³-hybridized carbons (Fsp3) is 0.720. The second-order valence-corrected chi connectivity index (χ2v) is 9.60. The van der Waals surface area contributed by atoms with E-state index in [1.807, 2.05) is 5.32 Å². The Morgan fingerprint density at radius 2 is 1.26 bits per heavy atom. The van der Waals surface area contributed by atoms with Gasteiger partial charge in [-0.15, -0.1) is 0 Å². The summed E-state index contributed by atoms with van der Waals surface area (Å²) >= 11 is 4.93. The zero-order valence-corrected chi connectivity index (χ0v) is 21.1. The maximum atomic E-state index is 13.8. The first-order chi connectivity index (χ1) is 16.8. The third-order valence-corrected chi connectivity index (χ3v) is 6.61. The Hall–Kier alpha value is -1.52. The standard InChI is InChI=1S/C25H37F5N2O2S/c1-2-3-4-5-6-7-8-9-10-11-12-13-14-17-24(33)16(15-34-17)31-25(35)32-23-21(29)19(27)18(26)20(28)22(23)30/h16-17,24,33H,2-15H2,1H3,(H2,31,32,35)/t16-,17+,24-/m0/s1. The number of ether oxygens (including phenoxy) is 1. The zero-order chi connectivity index (χ0) is 25.8. The molecule has 0 unspecified atom stereocenters. The van der Waals surface area contributed by atoms with Gasteiger partial charge in [0.05, 0.1) is 18.8 Å². The number of hydrogen-bond donors (Lipinski definition) is 3. The molecule has 0 saturated carbocycles. The normalized spacial score (nSPS) is 19.8. The number of thiocarbonyl (C=S) groups is 1. The Morgan fingerprint density at radius 3 is 1.77 bits per heavy atom. The number of halogens is 5. The minimum absolute atomic E-state index is 0.100. The summed E-state index contributed by atoms with van der Waals surface area (Å²) in [4.78, 5) is 0. The number of hydrogen-bond acceptors (Lipinski definition) is 3. The number of rotatable bonds is 15. The highest BCUT2D eigenvalue weighted by Crippen LogP contribution is 2.27. The molecule has 200 valence electrons. The van der Waals surface area contributed by atoms with Gasteiger partial charge in [-0.05, 0) is 18.6 Å². The molecule has 3 N–H and O–H groups in total. The number of nitrogens with one attached hydrogen (secondary N) is 2. The molecular weight excluding hydrogens is 487 g/mol. The van der Waals surface area contributed by atoms with Crippen molar-refractivity contribution in [3.05, 3.63) is 29.1 Å². The van der Waals surface area contributed by atoms with Gasteiger partial charge in [0.15, 0.2) is 28.4 Å². The first kappa shape index (κ1) is 29.7. The van der Waals surface area contributed by atoms with Crippen molar-refractivity contribution in [2.24, 2.45) is 0 Å². The van der Waals surface area contributed by atoms with E-state index >= 15 is 0 Å². The SMILES string of the molecule is CCCCCCCCCCCCCC[C@H]1OC[C@H](NC(=S)Nc2c(F)c(F)c(F)c(F)c2F)[C@@H]1O. The van der Waals surface area contributed by atoms with Gasteiger partial charge in [-0.3, -0.25) is 0 Å². The molecule has 1 fully saturated rings. The van der Waals surface area contributed by atoms with Crippen LogP contribution in [0.3, 0.4) is 0 Å². The minimum atomic E-state index is -2.25. The molecule has 1 aliphatic heterocycles. The van der Waals surface area contributed by atoms with Crippen molar-refractivity contribution in [2.75, 3.05) is 11.9 Å². The van der Waals surface area contributed by atoms with Crippen LogP contribution in [-0.4, -0.2) is 35.1 Å². The average molecular weight is 525 g/mol. The van der Waals surface area contributed by atoms with E-state index in [1.165, 1.54) is 57.8 Å². The van der Waals surface area contributed by atoms with Crippen LogP contribution in [-0.2, 0) is 4.74 Å². The average Bonchev–Trinajstić information content (AvgIpc) is 3.18. The largest absolute Gasteiger partial charge is 0.388 e. The lowest BCUT2D eigenvalue weighted by atomic mass is 10.0. The fourth-order valence-corrected chi connectivity index (χ4v) is 4.54. The molecule has 1 saturated heterocycles. The van der Waals surface area contributed by atoms with E-state index in [1.54, 1.807) is 0 Å². The van der Waals surface area contributed by atoms with Crippen molar-refractivity contribution >= 4 is 23.0 Å². The Kier molecular flexibility index (Phi) is 13.2. The number of unbranched alkanes of at least 4 members (excludes halogenated alkanes) is 11. The highest BCUT2D eigenvalue weighted by atomic mass is 32.1. The lowest BCUT2D eigenvalue weighted by Gasteiger charge is -2.20. The highest BCUT2D eigenvalue weighted by molar-refractivity contribution is 7.80. The fourth-order valence-electron chi connectivity index (χ4n) is 4.28. The number of aliphatic hydroxyl groups excluding tert-OH is 1. The predicted molar refractivity (Wildman–Crippen MR) is 131 cm³/mol. The molecule has 0 radical (unpaired) electrons. The summed E-state index contributed by atoms with van der Waals surface area (Å²) < 4.78 is 73.1. The van der Waals surface area contributed by atoms with E-state index in [2.05, 4.69) is 12.2 Å². The predicted octanol–water partition coefficient (Wildman–Crippen LogP) is 6.89. The van der Waals surface area contributed by atoms with E-state index in [0.717, 1.165) is 19.3 Å². The molecule has 0 aliphatic carbocycles. The van der Waals surface area contributed by atoms with Crippen molar-refractivity contribution in [3.63, 3.8) is 0 Å². The molecule has 0 aromatic heterocycles. The van der Waals surface area contributed by atoms with Gasteiger partial charge in [-0.1, -0.05) is 84.0 Å². The van der Waals surface area contributed by atoms with Crippen molar-refractivity contribution in [1.82, 2.24) is 5.32 Å². The van der Waals surface area contributed by atoms with E-state index in [4.69, 9.17) is 17.0 Å². The Balaban J connectivity index is 1.63. The van der Waals surface area contributed by atoms with Crippen LogP contribution in [0.5, 0.6) is 0 Å². The van der Waals surface area contributed by atoms with Gasteiger partial charge in [0.2, 0.25) is 5.82 Å². The van der Waals surface area contributed by atoms with Crippen LogP contribution >= 0.6 is 12.2 Å². The van der Waals surface area contributed by atoms with Crippen LogP contribution in [0.25, 0.3) is 0 Å². The highest BCUT2D eigenvalue weighted by Gasteiger charge is 2.36. The van der Waals surface area contributed by atoms with Gasteiger partial charge in [0.1, 0.15) is 11.8 Å². The van der Waals surface area contributed by atoms with Crippen LogP contribution in [0, 0.1) is 29.1 Å². The van der Waals surface area contributed by atoms with Gasteiger partial charge in [0, 0.05) is 0 Å². The Labute approximate surface area is 210 Å². The topological polar surface area (TPSA) is 53.5 Å². The monoisotopic (exact) mass is 524 g/mol. The molecule has 0 amide bonds. The maximum absolute atomic E-state index is 13.8. The first-order valence-electron chi connectivity index (χ1n) is 12.7. The molecule has 2 rings (SSSR count). The second kappa shape index (κ2) is 15.6. The van der Waals surface area contributed by atoms with Crippen molar-refractivity contribution in [1.29, 1.82) is 0 Å². The molecule has 0 bridgehead atoms. The van der Waals surface area contributed by atoms with Gasteiger partial charge in [-0.2, -0.15) is 0 Å². The van der Waals surface area contributed by atoms with Crippen molar-refractivity contribution in [2.45, 2.75) is 109 Å². The molecule has 10 heteroatoms. The van der Waals surface area contributed by atoms with Crippen LogP contribution in [0.1, 0.15) is 90.4 Å². The molecule has 4 nitrogen and oxygen atoms in total. The van der Waals surface area contributed by atoms with Crippen LogP contribution in [0.2, 0.25) is 0 Å². The summed E-state index contributed by atoms with van der Waals surface area (Å²) in [5.74, 6) is -10.4. The molecule has 1 aromatic carbocycles. The summed E-state index contributed by atoms with van der Waals surface area (Å²) in [5, 5.41) is 14.7. The van der Waals surface area contributed by atoms with Crippen molar-refractivity contribution < 1.29 is 31.8 Å². The van der Waals surface area contributed by atoms with E-state index in [9.17, 15) is 27.1 Å². The smallest absolute Gasteiger partial charge is 0.200 e. The quantitative estimate of drug-likeness (QED) is 0.0767. The molecule has 1 aliphatic rings. The lowest BCUT2D eigenvalue weighted by Crippen LogP contribution is -2.46. The summed E-state index contributed by atoms with van der Waals surface area (Å²) in [7, 11) is 0. The lowest BCUT2D eigenvalue weighted by molar-refractivity contribution is 0.0338. The van der Waals surface area contributed by atoms with Gasteiger partial charge < -0.3 is 20.5 Å². The summed E-state index contributed by atoms with van der Waals surface area (Å²) in [6, 6.07) is -0.668. The Bertz CT molecular complexity index is 786. The second-order valence-electron chi connectivity index (χ2n) is 9.19.